The average Bonchev–Trinajstić information content (AvgIpc) is 2.50. The molecule has 0 saturated carbocycles. The Hall–Kier alpha value is 0.270. The molecular formula is C11H24O2S. The zero-order chi connectivity index (χ0) is 10.8. The second-order valence-electron chi connectivity index (χ2n) is 5.27. The van der Waals surface area contributed by atoms with Crippen LogP contribution in [-0.4, -0.2) is 36.6 Å². The molecule has 1 heterocycles. The van der Waals surface area contributed by atoms with E-state index in [1.54, 1.807) is 0 Å². The molecule has 3 heteroatoms. The summed E-state index contributed by atoms with van der Waals surface area (Å²) < 4.78 is 11.8. The summed E-state index contributed by atoms with van der Waals surface area (Å²) in [7, 11) is -0.965. The smallest absolute Gasteiger partial charge is 0.0854 e. The fourth-order valence-electron chi connectivity index (χ4n) is 1.20. The van der Waals surface area contributed by atoms with Crippen molar-refractivity contribution in [2.45, 2.75) is 44.5 Å². The molecule has 0 N–H and O–H groups in total. The summed E-state index contributed by atoms with van der Waals surface area (Å²) in [4.78, 5) is 0. The first-order chi connectivity index (χ1) is 6.33. The first-order valence-electron chi connectivity index (χ1n) is 5.32. The van der Waals surface area contributed by atoms with Crippen LogP contribution in [0.15, 0.2) is 0 Å². The SMILES string of the molecule is CC(C)(C)S(C)(C)OC[C@@H]1CCCO1. The van der Waals surface area contributed by atoms with Crippen LogP contribution in [0.1, 0.15) is 33.6 Å². The van der Waals surface area contributed by atoms with Gasteiger partial charge in [0.15, 0.2) is 0 Å². The Kier molecular flexibility index (Phi) is 3.89. The fraction of sp³-hybridized carbons (Fsp3) is 1.00. The van der Waals surface area contributed by atoms with Crippen molar-refractivity contribution >= 4 is 10.3 Å². The molecule has 0 amide bonds. The zero-order valence-electron chi connectivity index (χ0n) is 10.1. The van der Waals surface area contributed by atoms with E-state index in [9.17, 15) is 0 Å². The topological polar surface area (TPSA) is 18.5 Å². The van der Waals surface area contributed by atoms with Gasteiger partial charge in [-0.1, -0.05) is 20.8 Å². The summed E-state index contributed by atoms with van der Waals surface area (Å²) in [5.41, 5.74) is 0. The van der Waals surface area contributed by atoms with Crippen molar-refractivity contribution in [1.82, 2.24) is 0 Å². The maximum absolute atomic E-state index is 6.04. The highest BCUT2D eigenvalue weighted by Crippen LogP contribution is 2.53. The number of hydrogen-bond donors (Lipinski definition) is 0. The summed E-state index contributed by atoms with van der Waals surface area (Å²) in [6.45, 7) is 8.44. The van der Waals surface area contributed by atoms with E-state index in [0.29, 0.717) is 6.10 Å². The van der Waals surface area contributed by atoms with Crippen LogP contribution in [0.4, 0.5) is 0 Å². The summed E-state index contributed by atoms with van der Waals surface area (Å²) in [5, 5.41) is 0. The molecule has 1 fully saturated rings. The van der Waals surface area contributed by atoms with Gasteiger partial charge in [0.1, 0.15) is 0 Å². The van der Waals surface area contributed by atoms with Gasteiger partial charge in [0.25, 0.3) is 0 Å². The molecule has 0 radical (unpaired) electrons. The van der Waals surface area contributed by atoms with Gasteiger partial charge >= 0.3 is 0 Å². The van der Waals surface area contributed by atoms with Gasteiger partial charge in [-0.2, -0.15) is 0 Å². The normalized spacial score (nSPS) is 25.4. The van der Waals surface area contributed by atoms with Crippen molar-refractivity contribution < 1.29 is 8.92 Å². The third kappa shape index (κ3) is 3.14. The van der Waals surface area contributed by atoms with Gasteiger partial charge in [-0.25, -0.2) is 0 Å². The molecule has 0 unspecified atom stereocenters. The molecule has 0 aliphatic carbocycles. The number of hydrogen-bond acceptors (Lipinski definition) is 2. The molecule has 2 nitrogen and oxygen atoms in total. The van der Waals surface area contributed by atoms with Crippen LogP contribution in [0.2, 0.25) is 0 Å². The van der Waals surface area contributed by atoms with Crippen LogP contribution >= 0.6 is 10.3 Å². The zero-order valence-corrected chi connectivity index (χ0v) is 10.9. The van der Waals surface area contributed by atoms with E-state index >= 15 is 0 Å². The molecule has 86 valence electrons. The largest absolute Gasteiger partial charge is 0.376 e. The number of ether oxygens (including phenoxy) is 1. The van der Waals surface area contributed by atoms with Gasteiger partial charge in [0, 0.05) is 11.4 Å². The minimum atomic E-state index is -0.965. The minimum Gasteiger partial charge on any atom is -0.376 e. The van der Waals surface area contributed by atoms with E-state index in [4.69, 9.17) is 8.92 Å². The Morgan fingerprint density at radius 1 is 1.36 bits per heavy atom. The monoisotopic (exact) mass is 220 g/mol. The highest BCUT2D eigenvalue weighted by atomic mass is 32.3. The lowest BCUT2D eigenvalue weighted by molar-refractivity contribution is 0.0725. The van der Waals surface area contributed by atoms with Gasteiger partial charge in [-0.05, 0) is 25.4 Å². The van der Waals surface area contributed by atoms with Crippen LogP contribution in [0.3, 0.4) is 0 Å². The fourth-order valence-corrected chi connectivity index (χ4v) is 2.04. The maximum atomic E-state index is 6.04. The van der Waals surface area contributed by atoms with Gasteiger partial charge in [-0.3, -0.25) is 0 Å². The lowest BCUT2D eigenvalue weighted by Crippen LogP contribution is -2.27. The third-order valence-corrected chi connectivity index (χ3v) is 6.72. The Morgan fingerprint density at radius 2 is 2.00 bits per heavy atom. The quantitative estimate of drug-likeness (QED) is 0.728. The van der Waals surface area contributed by atoms with Crippen molar-refractivity contribution in [3.8, 4) is 0 Å². The van der Waals surface area contributed by atoms with Gasteiger partial charge in [-0.15, -0.1) is 10.3 Å². The highest BCUT2D eigenvalue weighted by Gasteiger charge is 2.30. The molecule has 0 aromatic heterocycles. The van der Waals surface area contributed by atoms with E-state index in [-0.39, 0.29) is 4.75 Å². The van der Waals surface area contributed by atoms with Crippen LogP contribution in [0.25, 0.3) is 0 Å². The van der Waals surface area contributed by atoms with E-state index in [1.165, 1.54) is 12.8 Å². The lowest BCUT2D eigenvalue weighted by Gasteiger charge is -2.44. The van der Waals surface area contributed by atoms with Crippen LogP contribution in [0, 0.1) is 0 Å². The predicted octanol–water partition coefficient (Wildman–Crippen LogP) is 2.96. The summed E-state index contributed by atoms with van der Waals surface area (Å²) in [6.07, 6.45) is 7.19. The maximum Gasteiger partial charge on any atom is 0.0854 e. The second-order valence-corrected chi connectivity index (χ2v) is 9.19. The molecule has 0 bridgehead atoms. The first kappa shape index (κ1) is 12.3. The summed E-state index contributed by atoms with van der Waals surface area (Å²) >= 11 is 0. The molecule has 1 aliphatic rings. The first-order valence-corrected chi connectivity index (χ1v) is 7.69. The average molecular weight is 220 g/mol. The molecule has 14 heavy (non-hydrogen) atoms. The van der Waals surface area contributed by atoms with Crippen molar-refractivity contribution in [3.05, 3.63) is 0 Å². The molecule has 1 saturated heterocycles. The Balaban J connectivity index is 2.35. The lowest BCUT2D eigenvalue weighted by atomic mass is 10.2. The van der Waals surface area contributed by atoms with Crippen LogP contribution < -0.4 is 0 Å². The molecule has 0 aromatic carbocycles. The summed E-state index contributed by atoms with van der Waals surface area (Å²) in [6, 6.07) is 0. The van der Waals surface area contributed by atoms with Crippen molar-refractivity contribution in [2.75, 3.05) is 25.7 Å². The van der Waals surface area contributed by atoms with E-state index in [1.807, 2.05) is 0 Å². The van der Waals surface area contributed by atoms with Gasteiger partial charge in [0.2, 0.25) is 0 Å². The van der Waals surface area contributed by atoms with E-state index < -0.39 is 10.3 Å². The van der Waals surface area contributed by atoms with Gasteiger partial charge in [0.05, 0.1) is 12.7 Å². The van der Waals surface area contributed by atoms with Gasteiger partial charge < -0.3 is 8.92 Å². The van der Waals surface area contributed by atoms with Crippen molar-refractivity contribution in [3.63, 3.8) is 0 Å². The number of rotatable bonds is 3. The Bertz CT molecular complexity index is 178. The molecule has 1 atom stereocenters. The second kappa shape index (κ2) is 4.42. The highest BCUT2D eigenvalue weighted by molar-refractivity contribution is 8.29. The molecule has 0 aromatic rings. The van der Waals surface area contributed by atoms with E-state index in [0.717, 1.165) is 13.2 Å². The molecule has 1 aliphatic heterocycles. The Morgan fingerprint density at radius 3 is 2.43 bits per heavy atom. The Labute approximate surface area is 89.9 Å². The third-order valence-electron chi connectivity index (χ3n) is 3.05. The summed E-state index contributed by atoms with van der Waals surface area (Å²) in [5.74, 6) is 0. The van der Waals surface area contributed by atoms with Crippen molar-refractivity contribution in [1.29, 1.82) is 0 Å². The van der Waals surface area contributed by atoms with E-state index in [2.05, 4.69) is 33.3 Å². The van der Waals surface area contributed by atoms with Crippen molar-refractivity contribution in [2.24, 2.45) is 0 Å². The molecule has 0 spiro atoms. The predicted molar refractivity (Wildman–Crippen MR) is 64.1 cm³/mol. The molecule has 1 rings (SSSR count). The standard InChI is InChI=1S/C11H24O2S/c1-11(2,3)14(4,5)13-9-10-7-6-8-12-10/h10H,6-9H2,1-5H3/t10-/m0/s1. The molecular weight excluding hydrogens is 196 g/mol. The minimum absolute atomic E-state index is 0.256. The van der Waals surface area contributed by atoms with Crippen LogP contribution in [0.5, 0.6) is 0 Å². The van der Waals surface area contributed by atoms with Crippen LogP contribution in [-0.2, 0) is 8.92 Å².